The van der Waals surface area contributed by atoms with Crippen LogP contribution in [0.15, 0.2) is 28.7 Å². The molecule has 7 nitrogen and oxygen atoms in total. The van der Waals surface area contributed by atoms with Gasteiger partial charge in [-0.25, -0.2) is 4.79 Å². The molecule has 1 saturated heterocycles. The normalized spacial score (nSPS) is 15.5. The van der Waals surface area contributed by atoms with Crippen LogP contribution in [0.2, 0.25) is 0 Å². The van der Waals surface area contributed by atoms with Crippen molar-refractivity contribution in [2.45, 2.75) is 33.1 Å². The summed E-state index contributed by atoms with van der Waals surface area (Å²) in [6.45, 7) is 6.39. The van der Waals surface area contributed by atoms with E-state index in [4.69, 9.17) is 13.9 Å². The summed E-state index contributed by atoms with van der Waals surface area (Å²) in [7, 11) is 0. The molecule has 1 aromatic carbocycles. The smallest absolute Gasteiger partial charge is 0.416 e. The molecule has 1 aliphatic heterocycles. The first-order valence-corrected chi connectivity index (χ1v) is 9.69. The van der Waals surface area contributed by atoms with Gasteiger partial charge in [0.1, 0.15) is 17.1 Å². The summed E-state index contributed by atoms with van der Waals surface area (Å²) in [6, 6.07) is 4.65. The van der Waals surface area contributed by atoms with Crippen molar-refractivity contribution in [3.63, 3.8) is 0 Å². The highest BCUT2D eigenvalue weighted by molar-refractivity contribution is 5.99. The number of nitrogens with zero attached hydrogens (tertiary/aromatic N) is 1. The molecular formula is C21H23F3N2O5. The summed E-state index contributed by atoms with van der Waals surface area (Å²) in [5.74, 6) is -0.641. The van der Waals surface area contributed by atoms with Crippen LogP contribution in [0.1, 0.15) is 34.4 Å². The number of carbonyl (C=O) groups excluding carboxylic acids is 2. The van der Waals surface area contributed by atoms with E-state index in [0.29, 0.717) is 43.5 Å². The number of morpholine rings is 1. The number of benzene rings is 1. The first-order valence-electron chi connectivity index (χ1n) is 9.69. The van der Waals surface area contributed by atoms with E-state index < -0.39 is 29.7 Å². The summed E-state index contributed by atoms with van der Waals surface area (Å²) >= 11 is 0. The highest BCUT2D eigenvalue weighted by Crippen LogP contribution is 2.36. The standard InChI is InChI=1S/C21H23F3N2O5/c1-12-10-16(13(2)30-12)20(28)31-14(3)19(27)25-17-11-15(21(22,23)24)4-5-18(17)26-6-8-29-9-7-26/h4-5,10-11,14H,6-9H2,1-3H3,(H,25,27). The molecule has 2 heterocycles. The number of ether oxygens (including phenoxy) is 2. The predicted octanol–water partition coefficient (Wildman–Crippen LogP) is 3.94. The number of carbonyl (C=O) groups is 2. The van der Waals surface area contributed by atoms with Gasteiger partial charge in [-0.2, -0.15) is 13.2 Å². The molecule has 0 aliphatic carbocycles. The molecule has 0 bridgehead atoms. The second kappa shape index (κ2) is 9.01. The number of aryl methyl sites for hydroxylation is 2. The molecule has 0 radical (unpaired) electrons. The number of esters is 1. The van der Waals surface area contributed by atoms with Crippen molar-refractivity contribution in [3.05, 3.63) is 46.9 Å². The molecule has 0 saturated carbocycles. The van der Waals surface area contributed by atoms with E-state index >= 15 is 0 Å². The number of rotatable bonds is 5. The van der Waals surface area contributed by atoms with Gasteiger partial charge in [-0.15, -0.1) is 0 Å². The van der Waals surface area contributed by atoms with Crippen LogP contribution in [0.4, 0.5) is 24.5 Å². The van der Waals surface area contributed by atoms with Crippen molar-refractivity contribution < 1.29 is 36.7 Å². The summed E-state index contributed by atoms with van der Waals surface area (Å²) in [6.07, 6.45) is -5.81. The molecule has 0 spiro atoms. The molecule has 10 heteroatoms. The van der Waals surface area contributed by atoms with E-state index in [-0.39, 0.29) is 11.3 Å². The predicted molar refractivity (Wildman–Crippen MR) is 106 cm³/mol. The van der Waals surface area contributed by atoms with E-state index in [1.54, 1.807) is 13.8 Å². The summed E-state index contributed by atoms with van der Waals surface area (Å²) in [4.78, 5) is 26.8. The summed E-state index contributed by atoms with van der Waals surface area (Å²) < 4.78 is 55.4. The van der Waals surface area contributed by atoms with E-state index in [9.17, 15) is 22.8 Å². The monoisotopic (exact) mass is 440 g/mol. The van der Waals surface area contributed by atoms with Gasteiger partial charge >= 0.3 is 12.1 Å². The Kier molecular flexibility index (Phi) is 6.59. The van der Waals surface area contributed by atoms with Crippen LogP contribution in [-0.2, 0) is 20.4 Å². The maximum atomic E-state index is 13.2. The van der Waals surface area contributed by atoms with Crippen molar-refractivity contribution in [1.29, 1.82) is 0 Å². The molecule has 1 atom stereocenters. The lowest BCUT2D eigenvalue weighted by atomic mass is 10.1. The lowest BCUT2D eigenvalue weighted by Crippen LogP contribution is -2.37. The topological polar surface area (TPSA) is 81.0 Å². The fraction of sp³-hybridized carbons (Fsp3) is 0.429. The quantitative estimate of drug-likeness (QED) is 0.710. The van der Waals surface area contributed by atoms with Gasteiger partial charge in [-0.1, -0.05) is 0 Å². The minimum atomic E-state index is -4.57. The highest BCUT2D eigenvalue weighted by Gasteiger charge is 2.32. The van der Waals surface area contributed by atoms with Gasteiger partial charge in [-0.05, 0) is 45.0 Å². The van der Waals surface area contributed by atoms with Crippen molar-refractivity contribution >= 4 is 23.3 Å². The highest BCUT2D eigenvalue weighted by atomic mass is 19.4. The summed E-state index contributed by atoms with van der Waals surface area (Å²) in [5, 5.41) is 2.47. The third kappa shape index (κ3) is 5.38. The van der Waals surface area contributed by atoms with Gasteiger partial charge < -0.3 is 24.1 Å². The lowest BCUT2D eigenvalue weighted by molar-refractivity contribution is -0.137. The van der Waals surface area contributed by atoms with Gasteiger partial charge in [0, 0.05) is 13.1 Å². The number of halogens is 3. The maximum absolute atomic E-state index is 13.2. The zero-order valence-corrected chi connectivity index (χ0v) is 17.3. The van der Waals surface area contributed by atoms with Crippen LogP contribution in [-0.4, -0.2) is 44.3 Å². The van der Waals surface area contributed by atoms with Gasteiger partial charge in [0.2, 0.25) is 0 Å². The van der Waals surface area contributed by atoms with Crippen LogP contribution in [0.5, 0.6) is 0 Å². The SMILES string of the molecule is Cc1cc(C(=O)OC(C)C(=O)Nc2cc(C(F)(F)F)ccc2N2CCOCC2)c(C)o1. The Hall–Kier alpha value is -3.01. The second-order valence-electron chi connectivity index (χ2n) is 7.19. The van der Waals surface area contributed by atoms with Crippen LogP contribution in [0.3, 0.4) is 0 Å². The van der Waals surface area contributed by atoms with Crippen LogP contribution < -0.4 is 10.2 Å². The first-order chi connectivity index (χ1) is 14.6. The fourth-order valence-corrected chi connectivity index (χ4v) is 3.24. The number of anilines is 2. The zero-order chi connectivity index (χ0) is 22.8. The van der Waals surface area contributed by atoms with Gasteiger partial charge in [-0.3, -0.25) is 4.79 Å². The van der Waals surface area contributed by atoms with E-state index in [1.807, 2.05) is 4.90 Å². The summed E-state index contributed by atoms with van der Waals surface area (Å²) in [5.41, 5.74) is -0.288. The minimum Gasteiger partial charge on any atom is -0.466 e. The fourth-order valence-electron chi connectivity index (χ4n) is 3.24. The molecule has 1 amide bonds. The Bertz CT molecular complexity index is 964. The lowest BCUT2D eigenvalue weighted by Gasteiger charge is -2.31. The van der Waals surface area contributed by atoms with Crippen molar-refractivity contribution in [2.75, 3.05) is 36.5 Å². The number of hydrogen-bond donors (Lipinski definition) is 1. The molecular weight excluding hydrogens is 417 g/mol. The Balaban J connectivity index is 1.79. The van der Waals surface area contributed by atoms with Crippen LogP contribution in [0.25, 0.3) is 0 Å². The Morgan fingerprint density at radius 3 is 2.42 bits per heavy atom. The molecule has 31 heavy (non-hydrogen) atoms. The van der Waals surface area contributed by atoms with Crippen molar-refractivity contribution in [3.8, 4) is 0 Å². The number of furan rings is 1. The van der Waals surface area contributed by atoms with Gasteiger partial charge in [0.15, 0.2) is 6.10 Å². The Morgan fingerprint density at radius 1 is 1.16 bits per heavy atom. The molecule has 3 rings (SSSR count). The maximum Gasteiger partial charge on any atom is 0.416 e. The average Bonchev–Trinajstić information content (AvgIpc) is 3.06. The molecule has 168 valence electrons. The molecule has 1 unspecified atom stereocenters. The number of nitrogens with one attached hydrogen (secondary N) is 1. The van der Waals surface area contributed by atoms with Crippen LogP contribution in [0, 0.1) is 13.8 Å². The third-order valence-electron chi connectivity index (χ3n) is 4.85. The van der Waals surface area contributed by atoms with E-state index in [2.05, 4.69) is 5.32 Å². The third-order valence-corrected chi connectivity index (χ3v) is 4.85. The number of hydrogen-bond acceptors (Lipinski definition) is 6. The number of alkyl halides is 3. The van der Waals surface area contributed by atoms with E-state index in [0.717, 1.165) is 12.1 Å². The largest absolute Gasteiger partial charge is 0.466 e. The van der Waals surface area contributed by atoms with Crippen molar-refractivity contribution in [2.24, 2.45) is 0 Å². The second-order valence-corrected chi connectivity index (χ2v) is 7.19. The van der Waals surface area contributed by atoms with Crippen molar-refractivity contribution in [1.82, 2.24) is 0 Å². The Labute approximate surface area is 177 Å². The van der Waals surface area contributed by atoms with Gasteiger partial charge in [0.25, 0.3) is 5.91 Å². The van der Waals surface area contributed by atoms with E-state index in [1.165, 1.54) is 19.1 Å². The minimum absolute atomic E-state index is 0.0139. The van der Waals surface area contributed by atoms with Gasteiger partial charge in [0.05, 0.1) is 30.2 Å². The molecule has 1 fully saturated rings. The molecule has 1 N–H and O–H groups in total. The molecule has 2 aromatic rings. The first kappa shape index (κ1) is 22.7. The molecule has 1 aromatic heterocycles. The average molecular weight is 440 g/mol. The van der Waals surface area contributed by atoms with Crippen LogP contribution >= 0.6 is 0 Å². The number of amides is 1. The zero-order valence-electron chi connectivity index (χ0n) is 17.3. The molecule has 1 aliphatic rings. The Morgan fingerprint density at radius 2 is 1.84 bits per heavy atom.